The zero-order chi connectivity index (χ0) is 14.2. The first-order valence-corrected chi connectivity index (χ1v) is 5.72. The zero-order valence-electron chi connectivity index (χ0n) is 10.5. The summed E-state index contributed by atoms with van der Waals surface area (Å²) in [5, 5.41) is 8.49. The Morgan fingerprint density at radius 3 is 2.68 bits per heavy atom. The van der Waals surface area contributed by atoms with Crippen molar-refractivity contribution in [2.24, 2.45) is 11.8 Å². The van der Waals surface area contributed by atoms with E-state index in [1.165, 1.54) is 4.90 Å². The third-order valence-electron chi connectivity index (χ3n) is 3.09. The van der Waals surface area contributed by atoms with Gasteiger partial charge in [0.25, 0.3) is 0 Å². The number of rotatable bonds is 2. The van der Waals surface area contributed by atoms with E-state index in [-0.39, 0.29) is 19.0 Å². The number of anilines is 1. The molecule has 2 rings (SSSR count). The van der Waals surface area contributed by atoms with Gasteiger partial charge in [0.2, 0.25) is 11.9 Å². The SMILES string of the molecule is Cc1nc(NC(=O)[C@@H]2CN(C)C[C@H]2C(F)(F)F)n[nH]1. The number of nitrogens with one attached hydrogen (secondary N) is 2. The molecule has 1 saturated heterocycles. The molecule has 2 N–H and O–H groups in total. The molecular formula is C10H14F3N5O. The van der Waals surface area contributed by atoms with Crippen LogP contribution in [-0.2, 0) is 4.79 Å². The predicted molar refractivity (Wildman–Crippen MR) is 60.3 cm³/mol. The molecular weight excluding hydrogens is 263 g/mol. The summed E-state index contributed by atoms with van der Waals surface area (Å²) in [5.41, 5.74) is 0. The van der Waals surface area contributed by atoms with E-state index in [1.54, 1.807) is 14.0 Å². The van der Waals surface area contributed by atoms with Crippen molar-refractivity contribution >= 4 is 11.9 Å². The van der Waals surface area contributed by atoms with Crippen LogP contribution < -0.4 is 5.32 Å². The van der Waals surface area contributed by atoms with Gasteiger partial charge >= 0.3 is 6.18 Å². The molecule has 19 heavy (non-hydrogen) atoms. The maximum absolute atomic E-state index is 12.8. The summed E-state index contributed by atoms with van der Waals surface area (Å²) in [6.45, 7) is 1.53. The Labute approximate surface area is 107 Å². The minimum atomic E-state index is -4.39. The van der Waals surface area contributed by atoms with Gasteiger partial charge in [-0.1, -0.05) is 0 Å². The predicted octanol–water partition coefficient (Wildman–Crippen LogP) is 0.792. The number of carbonyl (C=O) groups excluding carboxylic acids is 1. The fourth-order valence-corrected chi connectivity index (χ4v) is 2.20. The number of hydrogen-bond acceptors (Lipinski definition) is 4. The second-order valence-corrected chi connectivity index (χ2v) is 4.71. The van der Waals surface area contributed by atoms with Crippen molar-refractivity contribution in [3.05, 3.63) is 5.82 Å². The number of alkyl halides is 3. The summed E-state index contributed by atoms with van der Waals surface area (Å²) >= 11 is 0. The van der Waals surface area contributed by atoms with Gasteiger partial charge in [-0.15, -0.1) is 5.10 Å². The van der Waals surface area contributed by atoms with E-state index >= 15 is 0 Å². The lowest BCUT2D eigenvalue weighted by Gasteiger charge is -2.19. The number of aromatic nitrogens is 3. The molecule has 0 bridgehead atoms. The summed E-state index contributed by atoms with van der Waals surface area (Å²) in [5.74, 6) is -3.02. The molecule has 1 aromatic rings. The van der Waals surface area contributed by atoms with Crippen molar-refractivity contribution in [1.82, 2.24) is 20.1 Å². The van der Waals surface area contributed by atoms with E-state index in [0.29, 0.717) is 5.82 Å². The van der Waals surface area contributed by atoms with Crippen LogP contribution in [0.15, 0.2) is 0 Å². The number of aryl methyl sites for hydroxylation is 1. The fraction of sp³-hybridized carbons (Fsp3) is 0.700. The zero-order valence-corrected chi connectivity index (χ0v) is 10.5. The Morgan fingerprint density at radius 2 is 2.16 bits per heavy atom. The Morgan fingerprint density at radius 1 is 1.47 bits per heavy atom. The van der Waals surface area contributed by atoms with Crippen molar-refractivity contribution in [2.45, 2.75) is 13.1 Å². The van der Waals surface area contributed by atoms with Crippen LogP contribution in [0.25, 0.3) is 0 Å². The number of likely N-dealkylation sites (tertiary alicyclic amines) is 1. The number of nitrogens with zero attached hydrogens (tertiary/aromatic N) is 3. The van der Waals surface area contributed by atoms with Crippen LogP contribution in [0.1, 0.15) is 5.82 Å². The van der Waals surface area contributed by atoms with Gasteiger partial charge in [-0.05, 0) is 14.0 Å². The number of carbonyl (C=O) groups is 1. The second kappa shape index (κ2) is 4.80. The van der Waals surface area contributed by atoms with Crippen LogP contribution in [0.4, 0.5) is 19.1 Å². The highest BCUT2D eigenvalue weighted by Crippen LogP contribution is 2.37. The maximum Gasteiger partial charge on any atom is 0.393 e. The third kappa shape index (κ3) is 3.03. The average Bonchev–Trinajstić information content (AvgIpc) is 2.84. The monoisotopic (exact) mass is 277 g/mol. The number of halogens is 3. The van der Waals surface area contributed by atoms with Crippen molar-refractivity contribution in [3.8, 4) is 0 Å². The molecule has 106 valence electrons. The molecule has 0 aromatic carbocycles. The van der Waals surface area contributed by atoms with Gasteiger partial charge in [-0.25, -0.2) is 0 Å². The molecule has 2 heterocycles. The molecule has 0 radical (unpaired) electrons. The van der Waals surface area contributed by atoms with E-state index in [4.69, 9.17) is 0 Å². The second-order valence-electron chi connectivity index (χ2n) is 4.71. The maximum atomic E-state index is 12.8. The largest absolute Gasteiger partial charge is 0.393 e. The van der Waals surface area contributed by atoms with Crippen LogP contribution in [-0.4, -0.2) is 52.3 Å². The lowest BCUT2D eigenvalue weighted by molar-refractivity contribution is -0.182. The van der Waals surface area contributed by atoms with Crippen LogP contribution in [0.3, 0.4) is 0 Å². The van der Waals surface area contributed by atoms with Crippen molar-refractivity contribution in [3.63, 3.8) is 0 Å². The molecule has 0 saturated carbocycles. The van der Waals surface area contributed by atoms with E-state index in [1.807, 2.05) is 0 Å². The minimum absolute atomic E-state index is 0.00187. The molecule has 0 unspecified atom stereocenters. The summed E-state index contributed by atoms with van der Waals surface area (Å²) in [7, 11) is 1.56. The molecule has 1 fully saturated rings. The number of aromatic amines is 1. The first-order chi connectivity index (χ1) is 8.77. The van der Waals surface area contributed by atoms with E-state index in [9.17, 15) is 18.0 Å². The molecule has 0 aliphatic carbocycles. The molecule has 1 aliphatic rings. The van der Waals surface area contributed by atoms with E-state index in [2.05, 4.69) is 20.5 Å². The third-order valence-corrected chi connectivity index (χ3v) is 3.09. The summed E-state index contributed by atoms with van der Waals surface area (Å²) in [6, 6.07) is 0. The summed E-state index contributed by atoms with van der Waals surface area (Å²) in [4.78, 5) is 17.2. The van der Waals surface area contributed by atoms with Gasteiger partial charge in [0, 0.05) is 13.1 Å². The number of hydrogen-bond donors (Lipinski definition) is 2. The Balaban J connectivity index is 2.09. The first-order valence-electron chi connectivity index (χ1n) is 5.72. The van der Waals surface area contributed by atoms with Gasteiger partial charge in [0.05, 0.1) is 11.8 Å². The first kappa shape index (κ1) is 13.8. The van der Waals surface area contributed by atoms with Crippen molar-refractivity contribution in [2.75, 3.05) is 25.5 Å². The average molecular weight is 277 g/mol. The summed E-state index contributed by atoms with van der Waals surface area (Å²) in [6.07, 6.45) is -4.39. The van der Waals surface area contributed by atoms with Crippen molar-refractivity contribution in [1.29, 1.82) is 0 Å². The number of amides is 1. The van der Waals surface area contributed by atoms with Crippen LogP contribution in [0, 0.1) is 18.8 Å². The van der Waals surface area contributed by atoms with E-state index < -0.39 is 23.9 Å². The van der Waals surface area contributed by atoms with Gasteiger partial charge in [-0.3, -0.25) is 15.2 Å². The Bertz CT molecular complexity index is 472. The van der Waals surface area contributed by atoms with E-state index in [0.717, 1.165) is 0 Å². The molecule has 6 nitrogen and oxygen atoms in total. The molecule has 0 spiro atoms. The lowest BCUT2D eigenvalue weighted by atomic mass is 9.95. The quantitative estimate of drug-likeness (QED) is 0.838. The molecule has 1 amide bonds. The molecule has 9 heteroatoms. The van der Waals surface area contributed by atoms with Gasteiger partial charge in [0.15, 0.2) is 0 Å². The Kier molecular flexibility index (Phi) is 3.48. The van der Waals surface area contributed by atoms with Crippen LogP contribution in [0.2, 0.25) is 0 Å². The lowest BCUT2D eigenvalue weighted by Crippen LogP contribution is -2.36. The van der Waals surface area contributed by atoms with Gasteiger partial charge in [-0.2, -0.15) is 18.2 Å². The molecule has 1 aromatic heterocycles. The van der Waals surface area contributed by atoms with Gasteiger partial charge in [0.1, 0.15) is 5.82 Å². The van der Waals surface area contributed by atoms with Gasteiger partial charge < -0.3 is 4.90 Å². The highest BCUT2D eigenvalue weighted by molar-refractivity contribution is 5.91. The van der Waals surface area contributed by atoms with Crippen molar-refractivity contribution < 1.29 is 18.0 Å². The minimum Gasteiger partial charge on any atom is -0.305 e. The standard InChI is InChI=1S/C10H14F3N5O/c1-5-14-9(17-16-5)15-8(19)6-3-18(2)4-7(6)10(11,12)13/h6-7H,3-4H2,1-2H3,(H2,14,15,16,17,19)/t6-,7-/m1/s1. The fourth-order valence-electron chi connectivity index (χ4n) is 2.20. The Hall–Kier alpha value is -1.64. The topological polar surface area (TPSA) is 73.9 Å². The molecule has 1 aliphatic heterocycles. The van der Waals surface area contributed by atoms with Crippen LogP contribution >= 0.6 is 0 Å². The highest BCUT2D eigenvalue weighted by Gasteiger charge is 2.51. The summed E-state index contributed by atoms with van der Waals surface area (Å²) < 4.78 is 38.5. The number of H-pyrrole nitrogens is 1. The smallest absolute Gasteiger partial charge is 0.305 e. The molecule has 2 atom stereocenters. The van der Waals surface area contributed by atoms with Crippen LogP contribution in [0.5, 0.6) is 0 Å². The highest BCUT2D eigenvalue weighted by atomic mass is 19.4. The normalized spacial score (nSPS) is 24.7.